The quantitative estimate of drug-likeness (QED) is 0.506. The third kappa shape index (κ3) is 5.89. The first-order chi connectivity index (χ1) is 17.5. The number of rotatable bonds is 9. The van der Waals surface area contributed by atoms with Crippen molar-refractivity contribution in [1.82, 2.24) is 15.5 Å². The fraction of sp³-hybridized carbons (Fsp3) is 0.552. The topological polar surface area (TPSA) is 81.8 Å². The molecule has 1 saturated heterocycles. The molecule has 3 aliphatic rings. The number of nitrogens with one attached hydrogen (secondary N) is 2. The summed E-state index contributed by atoms with van der Waals surface area (Å²) in [6.45, 7) is 2.50. The first kappa shape index (κ1) is 26.1. The lowest BCUT2D eigenvalue weighted by Gasteiger charge is -2.35. The number of anilines is 1. The molecule has 1 heterocycles. The van der Waals surface area contributed by atoms with Crippen LogP contribution >= 0.6 is 0 Å². The van der Waals surface area contributed by atoms with Crippen LogP contribution in [0.15, 0.2) is 48.2 Å². The molecule has 0 radical (unpaired) electrons. The molecule has 36 heavy (non-hydrogen) atoms. The Hall–Kier alpha value is -2.93. The van der Waals surface area contributed by atoms with Gasteiger partial charge in [-0.15, -0.1) is 0 Å². The molecule has 0 aromatic heterocycles. The zero-order valence-electron chi connectivity index (χ0n) is 21.6. The third-order valence-corrected chi connectivity index (χ3v) is 7.94. The smallest absolute Gasteiger partial charge is 0.245 e. The second-order valence-electron chi connectivity index (χ2n) is 10.3. The van der Waals surface area contributed by atoms with Crippen LogP contribution in [0.3, 0.4) is 0 Å². The summed E-state index contributed by atoms with van der Waals surface area (Å²) in [6, 6.07) is 7.06. The highest BCUT2D eigenvalue weighted by atomic mass is 16.2. The van der Waals surface area contributed by atoms with Gasteiger partial charge in [-0.05, 0) is 82.2 Å². The van der Waals surface area contributed by atoms with E-state index in [-0.39, 0.29) is 29.8 Å². The fourth-order valence-electron chi connectivity index (χ4n) is 5.74. The SMILES string of the molecule is CNC(C)C(=O)N[C@H](C(=O)N1CCC[C@H]1c1cccc(N(C=O)C2=CCCC=C2)c1)C1CCCCC1. The number of likely N-dealkylation sites (tertiary alicyclic amines) is 1. The van der Waals surface area contributed by atoms with E-state index in [1.165, 1.54) is 6.42 Å². The van der Waals surface area contributed by atoms with E-state index >= 15 is 0 Å². The molecule has 3 atom stereocenters. The van der Waals surface area contributed by atoms with Crippen molar-refractivity contribution in [3.8, 4) is 0 Å². The molecule has 2 fully saturated rings. The van der Waals surface area contributed by atoms with Crippen molar-refractivity contribution in [3.05, 3.63) is 53.8 Å². The number of nitrogens with zero attached hydrogens (tertiary/aromatic N) is 2. The van der Waals surface area contributed by atoms with Gasteiger partial charge in [-0.2, -0.15) is 0 Å². The van der Waals surface area contributed by atoms with Gasteiger partial charge in [0.25, 0.3) is 0 Å². The van der Waals surface area contributed by atoms with Gasteiger partial charge >= 0.3 is 0 Å². The second-order valence-corrected chi connectivity index (χ2v) is 10.3. The van der Waals surface area contributed by atoms with Crippen LogP contribution in [-0.4, -0.2) is 48.8 Å². The summed E-state index contributed by atoms with van der Waals surface area (Å²) in [5.74, 6) is 0.0636. The number of allylic oxidation sites excluding steroid dienone is 3. The molecule has 1 aromatic carbocycles. The maximum Gasteiger partial charge on any atom is 0.245 e. The molecule has 0 bridgehead atoms. The Bertz CT molecular complexity index is 998. The van der Waals surface area contributed by atoms with Crippen LogP contribution in [0.5, 0.6) is 0 Å². The molecule has 7 heteroatoms. The minimum absolute atomic E-state index is 0.0246. The molecule has 1 aromatic rings. The number of hydrogen-bond donors (Lipinski definition) is 2. The van der Waals surface area contributed by atoms with Crippen LogP contribution in [0.4, 0.5) is 5.69 Å². The molecule has 4 rings (SSSR count). The van der Waals surface area contributed by atoms with E-state index in [0.717, 1.165) is 74.7 Å². The Morgan fingerprint density at radius 1 is 1.11 bits per heavy atom. The summed E-state index contributed by atoms with van der Waals surface area (Å²) in [4.78, 5) is 42.4. The van der Waals surface area contributed by atoms with Gasteiger partial charge < -0.3 is 15.5 Å². The zero-order chi connectivity index (χ0) is 25.5. The van der Waals surface area contributed by atoms with Gasteiger partial charge in [-0.25, -0.2) is 0 Å². The molecular weight excluding hydrogens is 452 g/mol. The third-order valence-electron chi connectivity index (χ3n) is 7.94. The fourth-order valence-corrected chi connectivity index (χ4v) is 5.74. The predicted octanol–water partition coefficient (Wildman–Crippen LogP) is 4.22. The molecule has 1 unspecified atom stereocenters. The summed E-state index contributed by atoms with van der Waals surface area (Å²) in [7, 11) is 1.76. The number of carbonyl (C=O) groups is 3. The Labute approximate surface area is 215 Å². The number of carbonyl (C=O) groups excluding carboxylic acids is 3. The molecule has 194 valence electrons. The zero-order valence-corrected chi connectivity index (χ0v) is 21.6. The van der Waals surface area contributed by atoms with Gasteiger partial charge in [0.2, 0.25) is 18.2 Å². The molecular formula is C29H40N4O3. The molecule has 3 amide bonds. The molecule has 1 saturated carbocycles. The van der Waals surface area contributed by atoms with E-state index in [0.29, 0.717) is 6.54 Å². The summed E-state index contributed by atoms with van der Waals surface area (Å²) in [5.41, 5.74) is 2.72. The van der Waals surface area contributed by atoms with Crippen molar-refractivity contribution in [1.29, 1.82) is 0 Å². The Morgan fingerprint density at radius 3 is 2.61 bits per heavy atom. The van der Waals surface area contributed by atoms with Gasteiger partial charge in [0.1, 0.15) is 6.04 Å². The van der Waals surface area contributed by atoms with Gasteiger partial charge in [0.05, 0.1) is 12.1 Å². The minimum atomic E-state index is -0.499. The highest BCUT2D eigenvalue weighted by molar-refractivity contribution is 5.90. The standard InChI is InChI=1S/C29H40N4O3/c1-21(30-2)28(35)31-27(22-11-5-3-6-12-22)29(36)32-18-10-17-26(32)23-13-9-16-25(19-23)33(20-34)24-14-7-4-8-15-24/h7,9,13-16,19-22,26-27,30H,3-6,8,10-12,17-18H2,1-2H3,(H,31,35)/t21?,26-,27-/m0/s1. The van der Waals surface area contributed by atoms with Crippen molar-refractivity contribution in [2.75, 3.05) is 18.5 Å². The average molecular weight is 493 g/mol. The second kappa shape index (κ2) is 12.3. The normalized spacial score (nSPS) is 22.0. The summed E-state index contributed by atoms with van der Waals surface area (Å²) in [6.07, 6.45) is 16.0. The van der Waals surface area contributed by atoms with Crippen molar-refractivity contribution >= 4 is 23.9 Å². The summed E-state index contributed by atoms with van der Waals surface area (Å²) in [5, 5.41) is 6.09. The lowest BCUT2D eigenvalue weighted by Crippen LogP contribution is -2.55. The van der Waals surface area contributed by atoms with Crippen molar-refractivity contribution in [2.24, 2.45) is 5.92 Å². The van der Waals surface area contributed by atoms with Gasteiger partial charge in [0, 0.05) is 17.9 Å². The maximum atomic E-state index is 14.0. The first-order valence-corrected chi connectivity index (χ1v) is 13.5. The predicted molar refractivity (Wildman–Crippen MR) is 142 cm³/mol. The maximum absolute atomic E-state index is 14.0. The van der Waals surface area contributed by atoms with Gasteiger partial charge in [-0.3, -0.25) is 19.3 Å². The van der Waals surface area contributed by atoms with Gasteiger partial charge in [-0.1, -0.05) is 43.5 Å². The highest BCUT2D eigenvalue weighted by Gasteiger charge is 2.39. The molecule has 7 nitrogen and oxygen atoms in total. The molecule has 1 aliphatic heterocycles. The summed E-state index contributed by atoms with van der Waals surface area (Å²) >= 11 is 0. The number of benzene rings is 1. The van der Waals surface area contributed by atoms with Crippen LogP contribution in [0, 0.1) is 5.92 Å². The highest BCUT2D eigenvalue weighted by Crippen LogP contribution is 2.36. The molecule has 2 N–H and O–H groups in total. The van der Waals surface area contributed by atoms with Crippen LogP contribution in [0.2, 0.25) is 0 Å². The monoisotopic (exact) mass is 492 g/mol. The van der Waals surface area contributed by atoms with Crippen molar-refractivity contribution in [3.63, 3.8) is 0 Å². The minimum Gasteiger partial charge on any atom is -0.343 e. The average Bonchev–Trinajstić information content (AvgIpc) is 3.43. The lowest BCUT2D eigenvalue weighted by molar-refractivity contribution is -0.139. The van der Waals surface area contributed by atoms with Crippen molar-refractivity contribution < 1.29 is 14.4 Å². The summed E-state index contributed by atoms with van der Waals surface area (Å²) < 4.78 is 0. The lowest BCUT2D eigenvalue weighted by atomic mass is 9.83. The largest absolute Gasteiger partial charge is 0.343 e. The number of likely N-dealkylation sites (N-methyl/N-ethyl adjacent to an activating group) is 1. The Balaban J connectivity index is 1.57. The van der Waals surface area contributed by atoms with Crippen LogP contribution in [0.25, 0.3) is 0 Å². The molecule has 2 aliphatic carbocycles. The van der Waals surface area contributed by atoms with E-state index < -0.39 is 6.04 Å². The van der Waals surface area contributed by atoms with Crippen LogP contribution in [0.1, 0.15) is 76.3 Å². The van der Waals surface area contributed by atoms with E-state index in [1.807, 2.05) is 42.2 Å². The van der Waals surface area contributed by atoms with E-state index in [9.17, 15) is 14.4 Å². The van der Waals surface area contributed by atoms with E-state index in [4.69, 9.17) is 0 Å². The Morgan fingerprint density at radius 2 is 1.92 bits per heavy atom. The van der Waals surface area contributed by atoms with Crippen LogP contribution < -0.4 is 15.5 Å². The Kier molecular flexibility index (Phi) is 8.97. The van der Waals surface area contributed by atoms with E-state index in [2.05, 4.69) is 22.8 Å². The van der Waals surface area contributed by atoms with Crippen molar-refractivity contribution in [2.45, 2.75) is 82.8 Å². The number of hydrogen-bond acceptors (Lipinski definition) is 4. The van der Waals surface area contributed by atoms with E-state index in [1.54, 1.807) is 11.9 Å². The van der Waals surface area contributed by atoms with Crippen LogP contribution in [-0.2, 0) is 14.4 Å². The van der Waals surface area contributed by atoms with Gasteiger partial charge in [0.15, 0.2) is 0 Å². The first-order valence-electron chi connectivity index (χ1n) is 13.5. The molecule has 0 spiro atoms. The number of amides is 3.